The molecule has 0 saturated carbocycles. The topological polar surface area (TPSA) is 47.6 Å². The minimum Gasteiger partial charge on any atom is -0.503 e. The van der Waals surface area contributed by atoms with Crippen LogP contribution in [-0.4, -0.2) is 18.9 Å². The van der Waals surface area contributed by atoms with Gasteiger partial charge in [-0.3, -0.25) is 4.98 Å². The van der Waals surface area contributed by atoms with Gasteiger partial charge in [-0.25, -0.2) is 4.98 Å². The van der Waals surface area contributed by atoms with E-state index in [4.69, 9.17) is 14.7 Å². The number of fused-ring (bicyclic) bond motifs is 11. The molecule has 6 nitrogen and oxygen atoms in total. The summed E-state index contributed by atoms with van der Waals surface area (Å²) in [4.78, 5) is 11.9. The summed E-state index contributed by atoms with van der Waals surface area (Å²) < 4.78 is 11.1. The van der Waals surface area contributed by atoms with Gasteiger partial charge in [-0.15, -0.1) is 30.3 Å². The minimum absolute atomic E-state index is 0. The van der Waals surface area contributed by atoms with Crippen LogP contribution in [0, 0.1) is 12.1 Å². The standard InChI is InChI=1S/C47H31N5O.Pd/c1-47(2)39-17-7-9-20-42(39)52(46-40(47)18-11-23-48-46)31-14-10-15-32(26-31)53-33-21-22-34-36-29-44-37(28-43(36)50-25-24-49-45(50)38(34)27-33)35-16-6-8-19-41(35)51(44)30-12-4-3-5-13-30;/h3-25,28-29H,1-2H3;/q-2;+2. The molecule has 0 aliphatic carbocycles. The molecule has 1 aliphatic rings. The Morgan fingerprint density at radius 1 is 0.593 bits per heavy atom. The molecule has 0 fully saturated rings. The number of pyridine rings is 2. The van der Waals surface area contributed by atoms with Crippen LogP contribution < -0.4 is 9.64 Å². The molecule has 10 aromatic rings. The summed E-state index contributed by atoms with van der Waals surface area (Å²) in [5.74, 6) is 2.08. The first-order valence-corrected chi connectivity index (χ1v) is 17.8. The molecule has 6 aromatic carbocycles. The molecular formula is C47H31N5OPd. The largest absolute Gasteiger partial charge is 2.00 e. The van der Waals surface area contributed by atoms with E-state index in [2.05, 4.69) is 149 Å². The number of benzene rings is 6. The average molecular weight is 788 g/mol. The molecule has 7 heteroatoms. The third-order valence-corrected chi connectivity index (χ3v) is 10.8. The van der Waals surface area contributed by atoms with Crippen LogP contribution in [0.2, 0.25) is 0 Å². The third kappa shape index (κ3) is 4.69. The summed E-state index contributed by atoms with van der Waals surface area (Å²) in [5.41, 5.74) is 9.52. The molecule has 11 rings (SSSR count). The van der Waals surface area contributed by atoms with E-state index in [1.165, 1.54) is 27.4 Å². The second kappa shape index (κ2) is 12.1. The van der Waals surface area contributed by atoms with Crippen LogP contribution in [-0.2, 0) is 25.8 Å². The van der Waals surface area contributed by atoms with Crippen LogP contribution in [0.3, 0.4) is 0 Å². The Kier molecular flexibility index (Phi) is 7.29. The number of anilines is 3. The van der Waals surface area contributed by atoms with Crippen molar-refractivity contribution in [3.05, 3.63) is 175 Å². The van der Waals surface area contributed by atoms with Crippen LogP contribution in [0.4, 0.5) is 17.2 Å². The van der Waals surface area contributed by atoms with Gasteiger partial charge in [-0.1, -0.05) is 97.0 Å². The Bertz CT molecular complexity index is 3040. The Morgan fingerprint density at radius 3 is 2.26 bits per heavy atom. The smallest absolute Gasteiger partial charge is 0.503 e. The molecule has 260 valence electrons. The molecule has 5 heterocycles. The van der Waals surface area contributed by atoms with Crippen LogP contribution in [0.15, 0.2) is 152 Å². The SMILES string of the molecule is CC1(C)c2ccccc2N(c2[c-]c(Oc3[c-]c4c(cc3)c3cc5c(cc3n3ccnc43)c3ccccc3n5-c3ccccc3)ccc2)c2ncccc21.[Pd+2]. The monoisotopic (exact) mass is 787 g/mol. The van der Waals surface area contributed by atoms with Crippen molar-refractivity contribution in [1.82, 2.24) is 18.9 Å². The normalized spacial score (nSPS) is 13.3. The van der Waals surface area contributed by atoms with E-state index in [9.17, 15) is 0 Å². The van der Waals surface area contributed by atoms with E-state index in [-0.39, 0.29) is 25.8 Å². The fourth-order valence-electron chi connectivity index (χ4n) is 8.40. The van der Waals surface area contributed by atoms with Crippen molar-refractivity contribution < 1.29 is 25.2 Å². The molecule has 0 unspecified atom stereocenters. The van der Waals surface area contributed by atoms with Gasteiger partial charge in [0.15, 0.2) is 0 Å². The van der Waals surface area contributed by atoms with E-state index in [0.717, 1.165) is 55.7 Å². The quantitative estimate of drug-likeness (QED) is 0.101. The maximum atomic E-state index is 6.56. The zero-order chi connectivity index (χ0) is 35.3. The Hall–Kier alpha value is -6.26. The molecule has 0 saturated heterocycles. The van der Waals surface area contributed by atoms with Gasteiger partial charge in [0.25, 0.3) is 0 Å². The van der Waals surface area contributed by atoms with Crippen LogP contribution in [0.25, 0.3) is 54.8 Å². The van der Waals surface area contributed by atoms with E-state index in [1.54, 1.807) is 0 Å². The van der Waals surface area contributed by atoms with Gasteiger partial charge in [0.2, 0.25) is 0 Å². The molecule has 0 radical (unpaired) electrons. The minimum atomic E-state index is -0.197. The number of para-hydroxylation sites is 3. The number of hydrogen-bond acceptors (Lipinski definition) is 4. The number of rotatable bonds is 4. The van der Waals surface area contributed by atoms with Crippen molar-refractivity contribution in [3.8, 4) is 17.2 Å². The van der Waals surface area contributed by atoms with E-state index >= 15 is 0 Å². The second-order valence-corrected chi connectivity index (χ2v) is 14.2. The third-order valence-electron chi connectivity index (χ3n) is 10.8. The summed E-state index contributed by atoms with van der Waals surface area (Å²) in [6.45, 7) is 4.52. The molecule has 0 N–H and O–H groups in total. The predicted molar refractivity (Wildman–Crippen MR) is 213 cm³/mol. The molecule has 0 spiro atoms. The zero-order valence-corrected chi connectivity index (χ0v) is 30.9. The first-order valence-electron chi connectivity index (χ1n) is 17.8. The fraction of sp³-hybridized carbons (Fsp3) is 0.0638. The maximum Gasteiger partial charge on any atom is 2.00 e. The van der Waals surface area contributed by atoms with Crippen molar-refractivity contribution in [2.75, 3.05) is 4.90 Å². The van der Waals surface area contributed by atoms with E-state index in [1.807, 2.05) is 42.9 Å². The molecule has 0 amide bonds. The summed E-state index contributed by atoms with van der Waals surface area (Å²) in [6.07, 6.45) is 5.74. The summed E-state index contributed by atoms with van der Waals surface area (Å²) in [5, 5.41) is 5.48. The Balaban J connectivity index is 0.00000361. The fourth-order valence-corrected chi connectivity index (χ4v) is 8.40. The summed E-state index contributed by atoms with van der Waals surface area (Å²) in [6, 6.07) is 53.8. The number of nitrogens with zero attached hydrogens (tertiary/aromatic N) is 5. The molecule has 0 bridgehead atoms. The molecule has 54 heavy (non-hydrogen) atoms. The van der Waals surface area contributed by atoms with E-state index in [0.29, 0.717) is 11.5 Å². The molecular weight excluding hydrogens is 757 g/mol. The van der Waals surface area contributed by atoms with Gasteiger partial charge in [-0.05, 0) is 53.4 Å². The predicted octanol–water partition coefficient (Wildman–Crippen LogP) is 11.6. The summed E-state index contributed by atoms with van der Waals surface area (Å²) in [7, 11) is 0. The van der Waals surface area contributed by atoms with Crippen LogP contribution >= 0.6 is 0 Å². The maximum absolute atomic E-state index is 6.56. The van der Waals surface area contributed by atoms with Gasteiger partial charge >= 0.3 is 20.4 Å². The molecule has 4 aromatic heterocycles. The zero-order valence-electron chi connectivity index (χ0n) is 29.4. The van der Waals surface area contributed by atoms with Gasteiger partial charge in [0, 0.05) is 68.7 Å². The van der Waals surface area contributed by atoms with Gasteiger partial charge in [0.1, 0.15) is 5.82 Å². The number of hydrogen-bond donors (Lipinski definition) is 0. The molecule has 1 aliphatic heterocycles. The summed E-state index contributed by atoms with van der Waals surface area (Å²) >= 11 is 0. The number of aromatic nitrogens is 4. The Morgan fingerprint density at radius 2 is 1.35 bits per heavy atom. The first kappa shape index (κ1) is 32.4. The van der Waals surface area contributed by atoms with Crippen molar-refractivity contribution in [1.29, 1.82) is 0 Å². The van der Waals surface area contributed by atoms with E-state index < -0.39 is 0 Å². The van der Waals surface area contributed by atoms with Gasteiger partial charge in [0.05, 0.1) is 16.7 Å². The van der Waals surface area contributed by atoms with Gasteiger partial charge < -0.3 is 18.6 Å². The average Bonchev–Trinajstić information content (AvgIpc) is 3.82. The van der Waals surface area contributed by atoms with Crippen molar-refractivity contribution >= 4 is 66.3 Å². The Labute approximate surface area is 325 Å². The van der Waals surface area contributed by atoms with Gasteiger partial charge in [-0.2, -0.15) is 6.07 Å². The van der Waals surface area contributed by atoms with Crippen molar-refractivity contribution in [2.24, 2.45) is 0 Å². The van der Waals surface area contributed by atoms with Crippen LogP contribution in [0.1, 0.15) is 25.0 Å². The molecule has 0 atom stereocenters. The number of ether oxygens (including phenoxy) is 1. The van der Waals surface area contributed by atoms with Crippen molar-refractivity contribution in [3.63, 3.8) is 0 Å². The number of imidazole rings is 1. The van der Waals surface area contributed by atoms with Crippen LogP contribution in [0.5, 0.6) is 11.5 Å². The second-order valence-electron chi connectivity index (χ2n) is 14.2. The van der Waals surface area contributed by atoms with Crippen molar-refractivity contribution in [2.45, 2.75) is 19.3 Å². The first-order chi connectivity index (χ1) is 26.0.